The lowest BCUT2D eigenvalue weighted by Gasteiger charge is -2.32. The number of rotatable bonds is 2. The first-order chi connectivity index (χ1) is 11.6. The summed E-state index contributed by atoms with van der Waals surface area (Å²) in [5.41, 5.74) is -0.0988. The summed E-state index contributed by atoms with van der Waals surface area (Å²) in [4.78, 5) is 14.6. The molecule has 3 rings (SSSR count). The lowest BCUT2D eigenvalue weighted by Crippen LogP contribution is -2.41. The van der Waals surface area contributed by atoms with E-state index in [2.05, 4.69) is 6.92 Å². The summed E-state index contributed by atoms with van der Waals surface area (Å²) in [6.07, 6.45) is 2.12. The van der Waals surface area contributed by atoms with Crippen LogP contribution in [0, 0.1) is 11.7 Å². The minimum absolute atomic E-state index is 0.121. The molecule has 0 aromatic heterocycles. The molecule has 2 heterocycles. The van der Waals surface area contributed by atoms with Crippen molar-refractivity contribution in [1.82, 2.24) is 4.90 Å². The van der Waals surface area contributed by atoms with Crippen LogP contribution < -0.4 is 5.46 Å². The lowest BCUT2D eigenvalue weighted by molar-refractivity contribution is 0.00578. The fourth-order valence-electron chi connectivity index (χ4n) is 3.41. The van der Waals surface area contributed by atoms with Crippen LogP contribution in [0.4, 0.5) is 4.39 Å². The van der Waals surface area contributed by atoms with Crippen LogP contribution in [0.25, 0.3) is 0 Å². The van der Waals surface area contributed by atoms with E-state index in [1.807, 2.05) is 32.6 Å². The first kappa shape index (κ1) is 18.4. The summed E-state index contributed by atoms with van der Waals surface area (Å²) < 4.78 is 26.2. The molecule has 0 saturated carbocycles. The van der Waals surface area contributed by atoms with E-state index in [1.165, 1.54) is 12.1 Å². The van der Waals surface area contributed by atoms with Crippen molar-refractivity contribution in [2.75, 3.05) is 13.1 Å². The second-order valence-corrected chi connectivity index (χ2v) is 8.36. The fourth-order valence-corrected chi connectivity index (χ4v) is 3.41. The summed E-state index contributed by atoms with van der Waals surface area (Å²) in [5.74, 6) is -0.0849. The molecular weight excluding hydrogens is 320 g/mol. The topological polar surface area (TPSA) is 38.8 Å². The summed E-state index contributed by atoms with van der Waals surface area (Å²) in [6.45, 7) is 11.4. The number of carbonyl (C=O) groups is 1. The second-order valence-electron chi connectivity index (χ2n) is 8.36. The Bertz CT molecular complexity index is 661. The zero-order valence-electron chi connectivity index (χ0n) is 15.8. The molecular formula is C19H27BFNO3. The quantitative estimate of drug-likeness (QED) is 0.772. The highest BCUT2D eigenvalue weighted by Gasteiger charge is 2.51. The molecule has 0 spiro atoms. The van der Waals surface area contributed by atoms with Crippen molar-refractivity contribution in [3.63, 3.8) is 0 Å². The van der Waals surface area contributed by atoms with Gasteiger partial charge in [-0.2, -0.15) is 0 Å². The van der Waals surface area contributed by atoms with E-state index in [1.54, 1.807) is 6.07 Å². The molecule has 0 aliphatic carbocycles. The van der Waals surface area contributed by atoms with Crippen molar-refractivity contribution in [1.29, 1.82) is 0 Å². The molecule has 25 heavy (non-hydrogen) atoms. The second kappa shape index (κ2) is 6.40. The molecule has 4 nitrogen and oxygen atoms in total. The predicted molar refractivity (Wildman–Crippen MR) is 96.4 cm³/mol. The van der Waals surface area contributed by atoms with E-state index in [9.17, 15) is 9.18 Å². The van der Waals surface area contributed by atoms with Crippen LogP contribution in [0.15, 0.2) is 18.2 Å². The molecule has 2 aliphatic heterocycles. The van der Waals surface area contributed by atoms with E-state index in [4.69, 9.17) is 9.31 Å². The molecule has 1 aromatic carbocycles. The molecule has 1 amide bonds. The molecule has 2 aliphatic rings. The van der Waals surface area contributed by atoms with Crippen LogP contribution in [0.3, 0.4) is 0 Å². The van der Waals surface area contributed by atoms with Gasteiger partial charge < -0.3 is 14.2 Å². The Hall–Kier alpha value is -1.40. The predicted octanol–water partition coefficient (Wildman–Crippen LogP) is 3.00. The molecule has 6 heteroatoms. The van der Waals surface area contributed by atoms with E-state index < -0.39 is 24.1 Å². The molecule has 0 radical (unpaired) electrons. The van der Waals surface area contributed by atoms with Crippen LogP contribution >= 0.6 is 0 Å². The normalized spacial score (nSPS) is 25.3. The number of likely N-dealkylation sites (tertiary alicyclic amines) is 1. The van der Waals surface area contributed by atoms with Gasteiger partial charge in [-0.15, -0.1) is 0 Å². The third-order valence-corrected chi connectivity index (χ3v) is 5.64. The van der Waals surface area contributed by atoms with E-state index in [-0.39, 0.29) is 5.91 Å². The maximum atomic E-state index is 14.2. The van der Waals surface area contributed by atoms with Crippen molar-refractivity contribution in [2.24, 2.45) is 5.92 Å². The molecule has 136 valence electrons. The Morgan fingerprint density at radius 1 is 1.20 bits per heavy atom. The van der Waals surface area contributed by atoms with Gasteiger partial charge in [-0.3, -0.25) is 4.79 Å². The lowest BCUT2D eigenvalue weighted by atomic mass is 9.78. The maximum absolute atomic E-state index is 14.2. The van der Waals surface area contributed by atoms with Gasteiger partial charge in [0.05, 0.1) is 11.2 Å². The van der Waals surface area contributed by atoms with Crippen molar-refractivity contribution in [3.05, 3.63) is 29.6 Å². The van der Waals surface area contributed by atoms with E-state index in [0.29, 0.717) is 16.9 Å². The summed E-state index contributed by atoms with van der Waals surface area (Å²) in [6, 6.07) is 4.39. The highest BCUT2D eigenvalue weighted by Crippen LogP contribution is 2.36. The van der Waals surface area contributed by atoms with Crippen LogP contribution in [0.2, 0.25) is 0 Å². The van der Waals surface area contributed by atoms with Gasteiger partial charge in [-0.25, -0.2) is 4.39 Å². The zero-order chi connectivity index (χ0) is 18.4. The summed E-state index contributed by atoms with van der Waals surface area (Å²) in [5, 5.41) is 0. The smallest absolute Gasteiger partial charge is 0.399 e. The van der Waals surface area contributed by atoms with Crippen LogP contribution in [0.1, 0.15) is 57.8 Å². The number of hydrogen-bond donors (Lipinski definition) is 0. The Morgan fingerprint density at radius 2 is 1.84 bits per heavy atom. The van der Waals surface area contributed by atoms with Gasteiger partial charge in [-0.1, -0.05) is 6.92 Å². The Morgan fingerprint density at radius 3 is 2.44 bits per heavy atom. The Kier molecular flexibility index (Phi) is 4.71. The SMILES string of the molecule is CC1CCCN(C(=O)c2cc(F)cc(B3OC(C)(C)C(C)(C)O3)c2)C1. The molecule has 1 aromatic rings. The van der Waals surface area contributed by atoms with E-state index in [0.717, 1.165) is 25.9 Å². The van der Waals surface area contributed by atoms with Gasteiger partial charge in [0, 0.05) is 18.7 Å². The van der Waals surface area contributed by atoms with Gasteiger partial charge in [0.2, 0.25) is 0 Å². The Labute approximate surface area is 149 Å². The van der Waals surface area contributed by atoms with Crippen molar-refractivity contribution in [2.45, 2.75) is 58.7 Å². The number of hydrogen-bond acceptors (Lipinski definition) is 3. The van der Waals surface area contributed by atoms with E-state index >= 15 is 0 Å². The number of benzene rings is 1. The number of halogens is 1. The third kappa shape index (κ3) is 3.60. The van der Waals surface area contributed by atoms with Crippen molar-refractivity contribution < 1.29 is 18.5 Å². The van der Waals surface area contributed by atoms with Gasteiger partial charge in [0.1, 0.15) is 5.82 Å². The van der Waals surface area contributed by atoms with Gasteiger partial charge in [0.25, 0.3) is 5.91 Å². The van der Waals surface area contributed by atoms with Gasteiger partial charge in [0.15, 0.2) is 0 Å². The van der Waals surface area contributed by atoms with Crippen molar-refractivity contribution >= 4 is 18.5 Å². The molecule has 2 saturated heterocycles. The maximum Gasteiger partial charge on any atom is 0.494 e. The number of carbonyl (C=O) groups excluding carboxylic acids is 1. The third-order valence-electron chi connectivity index (χ3n) is 5.64. The Balaban J connectivity index is 1.85. The van der Waals surface area contributed by atoms with Crippen LogP contribution in [-0.4, -0.2) is 42.2 Å². The molecule has 2 fully saturated rings. The fraction of sp³-hybridized carbons (Fsp3) is 0.632. The summed E-state index contributed by atoms with van der Waals surface area (Å²) in [7, 11) is -0.674. The highest BCUT2D eigenvalue weighted by molar-refractivity contribution is 6.62. The van der Waals surface area contributed by atoms with Crippen LogP contribution in [-0.2, 0) is 9.31 Å². The average molecular weight is 347 g/mol. The van der Waals surface area contributed by atoms with Crippen molar-refractivity contribution in [3.8, 4) is 0 Å². The highest BCUT2D eigenvalue weighted by atomic mass is 19.1. The molecule has 1 atom stereocenters. The largest absolute Gasteiger partial charge is 0.494 e. The first-order valence-electron chi connectivity index (χ1n) is 9.04. The minimum atomic E-state index is -0.674. The average Bonchev–Trinajstić information content (AvgIpc) is 2.74. The van der Waals surface area contributed by atoms with Gasteiger partial charge >= 0.3 is 7.12 Å². The minimum Gasteiger partial charge on any atom is -0.399 e. The molecule has 0 N–H and O–H groups in total. The van der Waals surface area contributed by atoms with Crippen LogP contribution in [0.5, 0.6) is 0 Å². The monoisotopic (exact) mass is 347 g/mol. The number of amides is 1. The standard InChI is InChI=1S/C19H27BFNO3/c1-13-7-6-8-22(12-13)17(23)14-9-15(11-16(21)10-14)20-24-18(2,3)19(4,5)25-20/h9-11,13H,6-8,12H2,1-5H3. The summed E-state index contributed by atoms with van der Waals surface area (Å²) >= 11 is 0. The van der Waals surface area contributed by atoms with Gasteiger partial charge in [-0.05, 0) is 70.1 Å². The molecule has 0 bridgehead atoms. The molecule has 1 unspecified atom stereocenters. The first-order valence-corrected chi connectivity index (χ1v) is 9.04. The zero-order valence-corrected chi connectivity index (χ0v) is 15.8. The number of nitrogens with zero attached hydrogens (tertiary/aromatic N) is 1. The number of piperidine rings is 1.